The first kappa shape index (κ1) is 14.6. The fourth-order valence-corrected chi connectivity index (χ4v) is 3.24. The Morgan fingerprint density at radius 1 is 1.13 bits per heavy atom. The van der Waals surface area contributed by atoms with Crippen LogP contribution in [0.2, 0.25) is 0 Å². The fourth-order valence-electron chi connectivity index (χ4n) is 3.24. The zero-order chi connectivity index (χ0) is 15.5. The third kappa shape index (κ3) is 3.70. The molecule has 2 fully saturated rings. The van der Waals surface area contributed by atoms with Gasteiger partial charge in [-0.3, -0.25) is 0 Å². The molecule has 2 aromatic rings. The quantitative estimate of drug-likeness (QED) is 0.878. The average molecular weight is 309 g/mol. The summed E-state index contributed by atoms with van der Waals surface area (Å²) in [4.78, 5) is 9.13. The van der Waals surface area contributed by atoms with E-state index in [1.165, 1.54) is 18.4 Å². The molecule has 4 rings (SSSR count). The molecule has 1 N–H and O–H groups in total. The summed E-state index contributed by atoms with van der Waals surface area (Å²) in [5.41, 5.74) is 1.31. The van der Waals surface area contributed by atoms with Gasteiger partial charge in [0.2, 0.25) is 0 Å². The van der Waals surface area contributed by atoms with E-state index in [4.69, 9.17) is 9.72 Å². The molecule has 1 aromatic heterocycles. The second kappa shape index (κ2) is 6.67. The molecule has 2 heterocycles. The molecule has 1 aliphatic heterocycles. The van der Waals surface area contributed by atoms with Crippen molar-refractivity contribution >= 4 is 5.82 Å². The third-order valence-electron chi connectivity index (χ3n) is 4.73. The van der Waals surface area contributed by atoms with E-state index in [9.17, 15) is 0 Å². The van der Waals surface area contributed by atoms with E-state index < -0.39 is 0 Å². The highest BCUT2D eigenvalue weighted by Gasteiger charge is 2.27. The Balaban J connectivity index is 1.53. The monoisotopic (exact) mass is 309 g/mol. The van der Waals surface area contributed by atoms with Crippen LogP contribution in [-0.2, 0) is 4.74 Å². The van der Waals surface area contributed by atoms with Gasteiger partial charge in [0.1, 0.15) is 11.6 Å². The predicted molar refractivity (Wildman–Crippen MR) is 90.4 cm³/mol. The summed E-state index contributed by atoms with van der Waals surface area (Å²) in [6.07, 6.45) is 6.56. The van der Waals surface area contributed by atoms with E-state index in [1.807, 2.05) is 12.3 Å². The molecule has 4 nitrogen and oxygen atoms in total. The molecular weight excluding hydrogens is 286 g/mol. The van der Waals surface area contributed by atoms with Crippen LogP contribution in [0.25, 0.3) is 0 Å². The largest absolute Gasteiger partial charge is 0.381 e. The summed E-state index contributed by atoms with van der Waals surface area (Å²) in [5, 5.41) is 3.64. The number of nitrogens with one attached hydrogen (secondary N) is 1. The lowest BCUT2D eigenvalue weighted by atomic mass is 9.94. The van der Waals surface area contributed by atoms with Gasteiger partial charge in [-0.15, -0.1) is 0 Å². The highest BCUT2D eigenvalue weighted by molar-refractivity contribution is 5.38. The van der Waals surface area contributed by atoms with Crippen LogP contribution in [0.15, 0.2) is 42.6 Å². The number of aromatic nitrogens is 2. The van der Waals surface area contributed by atoms with E-state index in [1.54, 1.807) is 0 Å². The van der Waals surface area contributed by atoms with Crippen molar-refractivity contribution in [1.29, 1.82) is 0 Å². The van der Waals surface area contributed by atoms with E-state index in [0.717, 1.165) is 37.7 Å². The molecule has 2 aliphatic rings. The molecule has 4 heteroatoms. The molecule has 1 saturated carbocycles. The normalized spacial score (nSPS) is 22.0. The summed E-state index contributed by atoms with van der Waals surface area (Å²) in [6.45, 7) is 1.77. The Labute approximate surface area is 137 Å². The topological polar surface area (TPSA) is 47.0 Å². The van der Waals surface area contributed by atoms with Crippen LogP contribution in [0.4, 0.5) is 5.82 Å². The van der Waals surface area contributed by atoms with Crippen LogP contribution in [0.3, 0.4) is 0 Å². The molecule has 0 radical (unpaired) electrons. The SMILES string of the molecule is c1ccc(C(CC2CCOC2)Nc2ccnc(C3CC3)n2)cc1. The minimum Gasteiger partial charge on any atom is -0.381 e. The zero-order valence-corrected chi connectivity index (χ0v) is 13.3. The van der Waals surface area contributed by atoms with Crippen molar-refractivity contribution in [2.24, 2.45) is 5.92 Å². The average Bonchev–Trinajstić information content (AvgIpc) is 3.33. The van der Waals surface area contributed by atoms with Gasteiger partial charge in [0.15, 0.2) is 0 Å². The van der Waals surface area contributed by atoms with Crippen molar-refractivity contribution in [2.45, 2.75) is 37.6 Å². The lowest BCUT2D eigenvalue weighted by molar-refractivity contribution is 0.183. The number of ether oxygens (including phenoxy) is 1. The Bertz CT molecular complexity index is 636. The lowest BCUT2D eigenvalue weighted by Gasteiger charge is -2.22. The standard InChI is InChI=1S/C19H23N3O/c1-2-4-15(5-3-1)17(12-14-9-11-23-13-14)21-18-8-10-20-19(22-18)16-6-7-16/h1-5,8,10,14,16-17H,6-7,9,11-13H2,(H,20,21,22). The first-order valence-electron chi connectivity index (χ1n) is 8.60. The Morgan fingerprint density at radius 3 is 2.74 bits per heavy atom. The van der Waals surface area contributed by atoms with Crippen LogP contribution in [0.1, 0.15) is 49.0 Å². The summed E-state index contributed by atoms with van der Waals surface area (Å²) < 4.78 is 5.55. The van der Waals surface area contributed by atoms with Crippen molar-refractivity contribution in [3.63, 3.8) is 0 Å². The van der Waals surface area contributed by atoms with Crippen LogP contribution in [0, 0.1) is 5.92 Å². The van der Waals surface area contributed by atoms with Gasteiger partial charge in [0.05, 0.1) is 6.04 Å². The summed E-state index contributed by atoms with van der Waals surface area (Å²) in [7, 11) is 0. The molecule has 0 amide bonds. The molecule has 2 unspecified atom stereocenters. The van der Waals surface area contributed by atoms with Gasteiger partial charge in [-0.2, -0.15) is 0 Å². The van der Waals surface area contributed by atoms with E-state index >= 15 is 0 Å². The molecule has 23 heavy (non-hydrogen) atoms. The van der Waals surface area contributed by atoms with Gasteiger partial charge < -0.3 is 10.1 Å². The third-order valence-corrected chi connectivity index (χ3v) is 4.73. The van der Waals surface area contributed by atoms with Crippen molar-refractivity contribution in [2.75, 3.05) is 18.5 Å². The van der Waals surface area contributed by atoms with Gasteiger partial charge in [0, 0.05) is 25.3 Å². The maximum atomic E-state index is 5.55. The molecule has 0 spiro atoms. The summed E-state index contributed by atoms with van der Waals surface area (Å²) >= 11 is 0. The fraction of sp³-hybridized carbons (Fsp3) is 0.474. The number of nitrogens with zero attached hydrogens (tertiary/aromatic N) is 2. The van der Waals surface area contributed by atoms with Crippen molar-refractivity contribution in [1.82, 2.24) is 9.97 Å². The van der Waals surface area contributed by atoms with Gasteiger partial charge in [-0.1, -0.05) is 30.3 Å². The lowest BCUT2D eigenvalue weighted by Crippen LogP contribution is -2.17. The van der Waals surface area contributed by atoms with E-state index in [0.29, 0.717) is 11.8 Å². The second-order valence-electron chi connectivity index (χ2n) is 6.65. The molecule has 1 aromatic carbocycles. The maximum absolute atomic E-state index is 5.55. The molecule has 1 saturated heterocycles. The van der Waals surface area contributed by atoms with Crippen LogP contribution < -0.4 is 5.32 Å². The number of hydrogen-bond acceptors (Lipinski definition) is 4. The van der Waals surface area contributed by atoms with E-state index in [2.05, 4.69) is 40.6 Å². The number of rotatable bonds is 6. The number of hydrogen-bond donors (Lipinski definition) is 1. The molecule has 1 aliphatic carbocycles. The smallest absolute Gasteiger partial charge is 0.133 e. The van der Waals surface area contributed by atoms with Crippen LogP contribution in [-0.4, -0.2) is 23.2 Å². The van der Waals surface area contributed by atoms with Crippen molar-refractivity contribution in [3.05, 3.63) is 54.0 Å². The second-order valence-corrected chi connectivity index (χ2v) is 6.65. The molecule has 120 valence electrons. The minimum absolute atomic E-state index is 0.268. The Hall–Kier alpha value is -1.94. The zero-order valence-electron chi connectivity index (χ0n) is 13.3. The van der Waals surface area contributed by atoms with Crippen molar-refractivity contribution in [3.8, 4) is 0 Å². The summed E-state index contributed by atoms with van der Waals surface area (Å²) in [6, 6.07) is 12.9. The van der Waals surface area contributed by atoms with Gasteiger partial charge in [0.25, 0.3) is 0 Å². The summed E-state index contributed by atoms with van der Waals surface area (Å²) in [5.74, 6) is 3.13. The van der Waals surface area contributed by atoms with Gasteiger partial charge in [-0.25, -0.2) is 9.97 Å². The minimum atomic E-state index is 0.268. The first-order valence-corrected chi connectivity index (χ1v) is 8.60. The highest BCUT2D eigenvalue weighted by Crippen LogP contribution is 2.38. The van der Waals surface area contributed by atoms with Gasteiger partial charge >= 0.3 is 0 Å². The van der Waals surface area contributed by atoms with Crippen LogP contribution >= 0.6 is 0 Å². The van der Waals surface area contributed by atoms with Gasteiger partial charge in [-0.05, 0) is 43.2 Å². The molecule has 2 atom stereocenters. The molecular formula is C19H23N3O. The number of anilines is 1. The number of benzene rings is 1. The Kier molecular flexibility index (Phi) is 4.24. The maximum Gasteiger partial charge on any atom is 0.133 e. The highest BCUT2D eigenvalue weighted by atomic mass is 16.5. The Morgan fingerprint density at radius 2 is 2.00 bits per heavy atom. The van der Waals surface area contributed by atoms with Crippen molar-refractivity contribution < 1.29 is 4.74 Å². The van der Waals surface area contributed by atoms with Crippen LogP contribution in [0.5, 0.6) is 0 Å². The molecule has 0 bridgehead atoms. The predicted octanol–water partition coefficient (Wildman–Crippen LogP) is 3.93. The van der Waals surface area contributed by atoms with E-state index in [-0.39, 0.29) is 6.04 Å². The first-order chi connectivity index (χ1) is 11.4.